The first-order valence-electron chi connectivity index (χ1n) is 10.5. The molecule has 0 saturated heterocycles. The number of benzene rings is 1. The number of hydrogen-bond donors (Lipinski definition) is 3. The maximum atomic E-state index is 13.0. The van der Waals surface area contributed by atoms with Crippen LogP contribution >= 0.6 is 12.4 Å². The van der Waals surface area contributed by atoms with Crippen molar-refractivity contribution in [2.75, 3.05) is 0 Å². The molecule has 0 aromatic heterocycles. The van der Waals surface area contributed by atoms with Crippen LogP contribution in [0.4, 0.5) is 0 Å². The van der Waals surface area contributed by atoms with E-state index in [2.05, 4.69) is 10.6 Å². The average Bonchev–Trinajstić information content (AvgIpc) is 3.45. The van der Waals surface area contributed by atoms with E-state index in [1.54, 1.807) is 0 Å². The van der Waals surface area contributed by atoms with E-state index in [-0.39, 0.29) is 36.2 Å². The molecule has 4 N–H and O–H groups in total. The SMILES string of the molecule is Cl.NC1C2CCCC1CC(C(=O)NC(Cc1ccccc1)C(=O)NC1CC1)C2. The quantitative estimate of drug-likeness (QED) is 0.680. The lowest BCUT2D eigenvalue weighted by atomic mass is 9.65. The summed E-state index contributed by atoms with van der Waals surface area (Å²) in [6.45, 7) is 0. The minimum Gasteiger partial charge on any atom is -0.352 e. The Bertz CT molecular complexity index is 666. The van der Waals surface area contributed by atoms with Gasteiger partial charge in [-0.2, -0.15) is 0 Å². The molecule has 0 aliphatic heterocycles. The summed E-state index contributed by atoms with van der Waals surface area (Å²) < 4.78 is 0. The number of amides is 2. The van der Waals surface area contributed by atoms with Gasteiger partial charge in [0.2, 0.25) is 11.8 Å². The predicted octanol–water partition coefficient (Wildman–Crippen LogP) is 2.57. The van der Waals surface area contributed by atoms with E-state index >= 15 is 0 Å². The van der Waals surface area contributed by atoms with Crippen molar-refractivity contribution in [1.82, 2.24) is 10.6 Å². The van der Waals surface area contributed by atoms with Crippen LogP contribution in [0.25, 0.3) is 0 Å². The Morgan fingerprint density at radius 3 is 2.29 bits per heavy atom. The maximum Gasteiger partial charge on any atom is 0.243 e. The molecular weight excluding hydrogens is 374 g/mol. The molecule has 0 radical (unpaired) electrons. The van der Waals surface area contributed by atoms with Crippen molar-refractivity contribution in [2.45, 2.75) is 69.5 Å². The molecule has 0 spiro atoms. The van der Waals surface area contributed by atoms with Gasteiger partial charge in [0.15, 0.2) is 0 Å². The van der Waals surface area contributed by atoms with Gasteiger partial charge < -0.3 is 16.4 Å². The summed E-state index contributed by atoms with van der Waals surface area (Å²) in [7, 11) is 0. The van der Waals surface area contributed by atoms with Crippen molar-refractivity contribution < 1.29 is 9.59 Å². The van der Waals surface area contributed by atoms with E-state index in [1.807, 2.05) is 30.3 Å². The van der Waals surface area contributed by atoms with Crippen LogP contribution in [0.2, 0.25) is 0 Å². The van der Waals surface area contributed by atoms with Crippen molar-refractivity contribution in [2.24, 2.45) is 23.5 Å². The van der Waals surface area contributed by atoms with E-state index in [4.69, 9.17) is 5.73 Å². The van der Waals surface area contributed by atoms with Crippen LogP contribution in [0.15, 0.2) is 30.3 Å². The molecule has 3 atom stereocenters. The number of hydrogen-bond acceptors (Lipinski definition) is 3. The summed E-state index contributed by atoms with van der Waals surface area (Å²) in [5, 5.41) is 6.14. The minimum absolute atomic E-state index is 0. The lowest BCUT2D eigenvalue weighted by Gasteiger charge is -2.43. The topological polar surface area (TPSA) is 84.2 Å². The Labute approximate surface area is 173 Å². The fourth-order valence-electron chi connectivity index (χ4n) is 4.88. The molecule has 2 bridgehead atoms. The number of carbonyl (C=O) groups excluding carboxylic acids is 2. The van der Waals surface area contributed by atoms with Gasteiger partial charge in [-0.3, -0.25) is 9.59 Å². The van der Waals surface area contributed by atoms with Crippen LogP contribution in [0.5, 0.6) is 0 Å². The number of rotatable bonds is 6. The van der Waals surface area contributed by atoms with Gasteiger partial charge >= 0.3 is 0 Å². The molecule has 3 saturated carbocycles. The highest BCUT2D eigenvalue weighted by Crippen LogP contribution is 2.41. The van der Waals surface area contributed by atoms with Crippen LogP contribution in [0, 0.1) is 17.8 Å². The van der Waals surface area contributed by atoms with Crippen LogP contribution in [-0.2, 0) is 16.0 Å². The van der Waals surface area contributed by atoms with Gasteiger partial charge in [-0.15, -0.1) is 12.4 Å². The third kappa shape index (κ3) is 5.06. The first-order chi connectivity index (χ1) is 13.1. The van der Waals surface area contributed by atoms with E-state index in [0.717, 1.165) is 44.1 Å². The molecule has 1 aromatic carbocycles. The van der Waals surface area contributed by atoms with E-state index in [1.165, 1.54) is 6.42 Å². The molecule has 4 rings (SSSR count). The molecule has 28 heavy (non-hydrogen) atoms. The second-order valence-corrected chi connectivity index (χ2v) is 8.73. The average molecular weight is 406 g/mol. The molecule has 154 valence electrons. The molecule has 3 aliphatic carbocycles. The third-order valence-electron chi connectivity index (χ3n) is 6.62. The van der Waals surface area contributed by atoms with Crippen molar-refractivity contribution >= 4 is 24.2 Å². The van der Waals surface area contributed by atoms with E-state index < -0.39 is 6.04 Å². The van der Waals surface area contributed by atoms with Crippen LogP contribution in [0.3, 0.4) is 0 Å². The zero-order valence-corrected chi connectivity index (χ0v) is 17.1. The van der Waals surface area contributed by atoms with Crippen LogP contribution in [-0.4, -0.2) is 29.9 Å². The molecule has 3 unspecified atom stereocenters. The Morgan fingerprint density at radius 1 is 1.04 bits per heavy atom. The Morgan fingerprint density at radius 2 is 1.68 bits per heavy atom. The zero-order valence-electron chi connectivity index (χ0n) is 16.3. The summed E-state index contributed by atoms with van der Waals surface area (Å²) in [5.41, 5.74) is 7.43. The first kappa shape index (κ1) is 21.1. The summed E-state index contributed by atoms with van der Waals surface area (Å²) >= 11 is 0. The monoisotopic (exact) mass is 405 g/mol. The maximum absolute atomic E-state index is 13.0. The van der Waals surface area contributed by atoms with Gasteiger partial charge in [-0.05, 0) is 55.9 Å². The lowest BCUT2D eigenvalue weighted by Crippen LogP contribution is -2.53. The Hall–Kier alpha value is -1.59. The Kier molecular flexibility index (Phi) is 7.00. The first-order valence-corrected chi connectivity index (χ1v) is 10.5. The van der Waals surface area contributed by atoms with Crippen molar-refractivity contribution in [3.05, 3.63) is 35.9 Å². The highest BCUT2D eigenvalue weighted by molar-refractivity contribution is 5.89. The lowest BCUT2D eigenvalue weighted by molar-refractivity contribution is -0.133. The summed E-state index contributed by atoms with van der Waals surface area (Å²) in [6, 6.07) is 9.96. The smallest absolute Gasteiger partial charge is 0.243 e. The fourth-order valence-corrected chi connectivity index (χ4v) is 4.88. The fraction of sp³-hybridized carbons (Fsp3) is 0.636. The molecule has 1 aromatic rings. The molecule has 2 amide bonds. The summed E-state index contributed by atoms with van der Waals surface area (Å²) in [4.78, 5) is 25.7. The molecule has 3 fully saturated rings. The Balaban J connectivity index is 0.00000225. The number of nitrogens with two attached hydrogens (primary N) is 1. The van der Waals surface area contributed by atoms with Crippen molar-refractivity contribution in [1.29, 1.82) is 0 Å². The van der Waals surface area contributed by atoms with Gasteiger partial charge in [0, 0.05) is 24.4 Å². The zero-order chi connectivity index (χ0) is 18.8. The molecule has 6 heteroatoms. The van der Waals surface area contributed by atoms with E-state index in [9.17, 15) is 9.59 Å². The largest absolute Gasteiger partial charge is 0.352 e. The summed E-state index contributed by atoms with van der Waals surface area (Å²) in [6.07, 6.45) is 7.86. The van der Waals surface area contributed by atoms with Crippen molar-refractivity contribution in [3.63, 3.8) is 0 Å². The molecule has 5 nitrogen and oxygen atoms in total. The summed E-state index contributed by atoms with van der Waals surface area (Å²) in [5.74, 6) is 0.891. The highest BCUT2D eigenvalue weighted by Gasteiger charge is 2.41. The van der Waals surface area contributed by atoms with Crippen LogP contribution < -0.4 is 16.4 Å². The minimum atomic E-state index is -0.504. The van der Waals surface area contributed by atoms with Crippen LogP contribution in [0.1, 0.15) is 50.5 Å². The number of nitrogens with one attached hydrogen (secondary N) is 2. The van der Waals surface area contributed by atoms with Gasteiger partial charge in [0.1, 0.15) is 6.04 Å². The normalized spacial score (nSPS) is 29.9. The number of halogens is 1. The molecule has 3 aliphatic rings. The second-order valence-electron chi connectivity index (χ2n) is 8.73. The van der Waals surface area contributed by atoms with Gasteiger partial charge in [-0.25, -0.2) is 0 Å². The molecule has 0 heterocycles. The van der Waals surface area contributed by atoms with Gasteiger partial charge in [0.25, 0.3) is 0 Å². The second kappa shape index (κ2) is 9.27. The van der Waals surface area contributed by atoms with E-state index in [0.29, 0.717) is 24.3 Å². The molecular formula is C22H32ClN3O2. The highest BCUT2D eigenvalue weighted by atomic mass is 35.5. The third-order valence-corrected chi connectivity index (χ3v) is 6.62. The van der Waals surface area contributed by atoms with Gasteiger partial charge in [-0.1, -0.05) is 36.8 Å². The number of fused-ring (bicyclic) bond motifs is 2. The standard InChI is InChI=1S/C22H31N3O2.ClH/c23-20-15-7-4-8-16(20)13-17(12-15)21(26)25-19(22(27)24-18-9-10-18)11-14-5-2-1-3-6-14;/h1-3,5-6,15-20H,4,7-13,23H2,(H,24,27)(H,25,26);1H. The number of carbonyl (C=O) groups is 2. The van der Waals surface area contributed by atoms with Crippen molar-refractivity contribution in [3.8, 4) is 0 Å². The predicted molar refractivity (Wildman–Crippen MR) is 112 cm³/mol. The van der Waals surface area contributed by atoms with Gasteiger partial charge in [0.05, 0.1) is 0 Å².